The molecule has 4 nitrogen and oxygen atoms in total. The van der Waals surface area contributed by atoms with Gasteiger partial charge in [0.05, 0.1) is 0 Å². The number of carbonyl (C=O) groups is 1. The van der Waals surface area contributed by atoms with Crippen LogP contribution >= 0.6 is 0 Å². The zero-order chi connectivity index (χ0) is 12.3. The van der Waals surface area contributed by atoms with Crippen molar-refractivity contribution in [1.82, 2.24) is 4.98 Å². The number of nitrogens with one attached hydrogen (secondary N) is 1. The molecule has 3 rings (SSSR count). The number of fused-ring (bicyclic) bond motifs is 3. The van der Waals surface area contributed by atoms with Crippen LogP contribution in [0.4, 0.5) is 4.79 Å². The molecule has 4 heteroatoms. The predicted molar refractivity (Wildman–Crippen MR) is 66.5 cm³/mol. The van der Waals surface area contributed by atoms with Gasteiger partial charge in [-0.1, -0.05) is 36.4 Å². The molecule has 0 unspecified atom stereocenters. The van der Waals surface area contributed by atoms with Gasteiger partial charge < -0.3 is 15.2 Å². The van der Waals surface area contributed by atoms with E-state index in [-0.39, 0.29) is 0 Å². The van der Waals surface area contributed by atoms with Gasteiger partial charge in [0.1, 0.15) is 0 Å². The number of aromatic nitrogens is 1. The van der Waals surface area contributed by atoms with Gasteiger partial charge in [-0.2, -0.15) is 0 Å². The van der Waals surface area contributed by atoms with Gasteiger partial charge in [-0.15, -0.1) is 0 Å². The molecular formula is C13H11NO3. The highest BCUT2D eigenvalue weighted by molar-refractivity contribution is 6.06. The van der Waals surface area contributed by atoms with Crippen molar-refractivity contribution in [1.29, 1.82) is 0 Å². The van der Waals surface area contributed by atoms with Crippen LogP contribution < -0.4 is 0 Å². The number of rotatable bonds is 0. The van der Waals surface area contributed by atoms with Gasteiger partial charge >= 0.3 is 6.16 Å². The fourth-order valence-electron chi connectivity index (χ4n) is 1.80. The molecular weight excluding hydrogens is 218 g/mol. The monoisotopic (exact) mass is 229 g/mol. The summed E-state index contributed by atoms with van der Waals surface area (Å²) < 4.78 is 0. The second-order valence-corrected chi connectivity index (χ2v) is 3.50. The number of hydrogen-bond acceptors (Lipinski definition) is 1. The Bertz CT molecular complexity index is 603. The van der Waals surface area contributed by atoms with Crippen LogP contribution in [0, 0.1) is 0 Å². The molecule has 0 spiro atoms. The van der Waals surface area contributed by atoms with Crippen LogP contribution in [0.15, 0.2) is 48.5 Å². The molecule has 0 bridgehead atoms. The number of carboxylic acid groups (broad SMARTS) is 2. The minimum Gasteiger partial charge on any atom is -0.450 e. The van der Waals surface area contributed by atoms with E-state index in [2.05, 4.69) is 53.5 Å². The first-order chi connectivity index (χ1) is 8.18. The smallest absolute Gasteiger partial charge is 0.450 e. The average Bonchev–Trinajstić information content (AvgIpc) is 2.66. The Morgan fingerprint density at radius 2 is 1.18 bits per heavy atom. The third-order valence-corrected chi connectivity index (χ3v) is 2.41. The van der Waals surface area contributed by atoms with Crippen LogP contribution in [0.25, 0.3) is 21.8 Å². The summed E-state index contributed by atoms with van der Waals surface area (Å²) in [4.78, 5) is 11.9. The molecule has 17 heavy (non-hydrogen) atoms. The molecule has 2 aromatic carbocycles. The molecule has 0 fully saturated rings. The van der Waals surface area contributed by atoms with E-state index in [1.165, 1.54) is 21.8 Å². The highest BCUT2D eigenvalue weighted by Crippen LogP contribution is 2.24. The summed E-state index contributed by atoms with van der Waals surface area (Å²) in [6.45, 7) is 0. The first-order valence-electron chi connectivity index (χ1n) is 5.06. The predicted octanol–water partition coefficient (Wildman–Crippen LogP) is 3.54. The second kappa shape index (κ2) is 4.57. The van der Waals surface area contributed by atoms with E-state index in [4.69, 9.17) is 15.0 Å². The molecule has 3 aromatic rings. The van der Waals surface area contributed by atoms with Crippen molar-refractivity contribution in [2.24, 2.45) is 0 Å². The molecule has 3 N–H and O–H groups in total. The van der Waals surface area contributed by atoms with Crippen LogP contribution in [-0.2, 0) is 0 Å². The maximum absolute atomic E-state index is 8.56. The van der Waals surface area contributed by atoms with Gasteiger partial charge in [-0.3, -0.25) is 0 Å². The molecule has 1 aromatic heterocycles. The summed E-state index contributed by atoms with van der Waals surface area (Å²) in [6, 6.07) is 16.8. The van der Waals surface area contributed by atoms with Gasteiger partial charge in [0.25, 0.3) is 0 Å². The van der Waals surface area contributed by atoms with Crippen molar-refractivity contribution in [3.63, 3.8) is 0 Å². The first kappa shape index (κ1) is 11.0. The van der Waals surface area contributed by atoms with E-state index in [9.17, 15) is 0 Å². The van der Waals surface area contributed by atoms with Crippen molar-refractivity contribution in [3.05, 3.63) is 48.5 Å². The molecule has 0 aliphatic rings. The summed E-state index contributed by atoms with van der Waals surface area (Å²) in [5.74, 6) is 0. The molecule has 0 saturated heterocycles. The Morgan fingerprint density at radius 1 is 0.824 bits per heavy atom. The van der Waals surface area contributed by atoms with Gasteiger partial charge in [0, 0.05) is 21.8 Å². The third-order valence-electron chi connectivity index (χ3n) is 2.41. The highest BCUT2D eigenvalue weighted by atomic mass is 16.6. The van der Waals surface area contributed by atoms with E-state index < -0.39 is 6.16 Å². The highest BCUT2D eigenvalue weighted by Gasteiger charge is 2.00. The summed E-state index contributed by atoms with van der Waals surface area (Å²) in [5.41, 5.74) is 2.42. The largest absolute Gasteiger partial charge is 0.503 e. The molecule has 0 radical (unpaired) electrons. The second-order valence-electron chi connectivity index (χ2n) is 3.50. The van der Waals surface area contributed by atoms with Crippen LogP contribution in [0.5, 0.6) is 0 Å². The van der Waals surface area contributed by atoms with Crippen molar-refractivity contribution in [2.75, 3.05) is 0 Å². The van der Waals surface area contributed by atoms with Crippen LogP contribution in [0.3, 0.4) is 0 Å². The van der Waals surface area contributed by atoms with Crippen LogP contribution in [-0.4, -0.2) is 21.4 Å². The SMILES string of the molecule is O=C(O)O.c1ccc2c(c1)[nH]c1ccccc12. The Kier molecular flexibility index (Phi) is 2.96. The maximum Gasteiger partial charge on any atom is 0.503 e. The van der Waals surface area contributed by atoms with E-state index >= 15 is 0 Å². The Hall–Kier alpha value is -2.49. The number of hydrogen-bond donors (Lipinski definition) is 3. The molecule has 0 aliphatic carbocycles. The first-order valence-corrected chi connectivity index (χ1v) is 5.06. The summed E-state index contributed by atoms with van der Waals surface area (Å²) in [7, 11) is 0. The molecule has 0 aliphatic heterocycles. The van der Waals surface area contributed by atoms with Gasteiger partial charge in [-0.05, 0) is 12.1 Å². The van der Waals surface area contributed by atoms with Gasteiger partial charge in [-0.25, -0.2) is 4.79 Å². The van der Waals surface area contributed by atoms with E-state index in [0.717, 1.165) is 0 Å². The van der Waals surface area contributed by atoms with Crippen molar-refractivity contribution in [2.45, 2.75) is 0 Å². The van der Waals surface area contributed by atoms with Gasteiger partial charge in [0.15, 0.2) is 0 Å². The van der Waals surface area contributed by atoms with Gasteiger partial charge in [0.2, 0.25) is 0 Å². The van der Waals surface area contributed by atoms with Crippen LogP contribution in [0.1, 0.15) is 0 Å². The van der Waals surface area contributed by atoms with Crippen molar-refractivity contribution < 1.29 is 15.0 Å². The average molecular weight is 229 g/mol. The number of para-hydroxylation sites is 2. The molecule has 0 atom stereocenters. The maximum atomic E-state index is 8.56. The fourth-order valence-corrected chi connectivity index (χ4v) is 1.80. The Balaban J connectivity index is 0.000000239. The van der Waals surface area contributed by atoms with Crippen molar-refractivity contribution in [3.8, 4) is 0 Å². The molecule has 0 saturated carbocycles. The lowest BCUT2D eigenvalue weighted by molar-refractivity contribution is 0.137. The lowest BCUT2D eigenvalue weighted by Crippen LogP contribution is -1.81. The minimum absolute atomic E-state index is 1.21. The Morgan fingerprint density at radius 3 is 1.59 bits per heavy atom. The molecule has 86 valence electrons. The van der Waals surface area contributed by atoms with Crippen molar-refractivity contribution >= 4 is 28.0 Å². The standard InChI is InChI=1S/C12H9N.CH2O3/c1-3-7-11-9(5-1)10-6-2-4-8-12(10)13-11;2-1(3)4/h1-8,13H;(H2,2,3,4). The Labute approximate surface area is 97.1 Å². The molecule has 1 heterocycles. The van der Waals surface area contributed by atoms with Crippen LogP contribution in [0.2, 0.25) is 0 Å². The normalized spacial score (nSPS) is 9.88. The number of H-pyrrole nitrogens is 1. The van der Waals surface area contributed by atoms with E-state index in [1.807, 2.05) is 0 Å². The molecule has 0 amide bonds. The third kappa shape index (κ3) is 2.36. The lowest BCUT2D eigenvalue weighted by atomic mass is 10.2. The lowest BCUT2D eigenvalue weighted by Gasteiger charge is -1.87. The summed E-state index contributed by atoms with van der Waals surface area (Å²) >= 11 is 0. The van der Waals surface area contributed by atoms with E-state index in [1.54, 1.807) is 0 Å². The topological polar surface area (TPSA) is 73.3 Å². The number of aromatic amines is 1. The fraction of sp³-hybridized carbons (Fsp3) is 0. The summed E-state index contributed by atoms with van der Waals surface area (Å²) in [6.07, 6.45) is -1.83. The zero-order valence-electron chi connectivity index (χ0n) is 8.92. The zero-order valence-corrected chi connectivity index (χ0v) is 8.92. The number of benzene rings is 2. The summed E-state index contributed by atoms with van der Waals surface area (Å²) in [5, 5.41) is 16.6. The van der Waals surface area contributed by atoms with E-state index in [0.29, 0.717) is 0 Å². The quantitative estimate of drug-likeness (QED) is 0.552. The minimum atomic E-state index is -1.83.